The predicted octanol–water partition coefficient (Wildman–Crippen LogP) is 2.45. The maximum absolute atomic E-state index is 5.43. The molecule has 0 saturated carbocycles. The van der Waals surface area contributed by atoms with Gasteiger partial charge in [-0.15, -0.1) is 0 Å². The first-order valence-corrected chi connectivity index (χ1v) is 7.37. The fourth-order valence-electron chi connectivity index (χ4n) is 3.01. The fourth-order valence-corrected chi connectivity index (χ4v) is 3.01. The van der Waals surface area contributed by atoms with E-state index in [0.29, 0.717) is 12.1 Å². The Morgan fingerprint density at radius 1 is 1.37 bits per heavy atom. The largest absolute Gasteiger partial charge is 0.383 e. The Kier molecular flexibility index (Phi) is 5.83. The standard InChI is InChI=1S/C16H26N2O/c1-3-7-15(13-19-2)18-11-10-17-12-16(18)14-8-5-4-6-9-14/h4-6,8-9,15-17H,3,7,10-13H2,1-2H3. The van der Waals surface area contributed by atoms with Gasteiger partial charge in [-0.2, -0.15) is 0 Å². The molecule has 0 radical (unpaired) electrons. The highest BCUT2D eigenvalue weighted by molar-refractivity contribution is 5.20. The molecule has 3 heteroatoms. The van der Waals surface area contributed by atoms with Crippen LogP contribution in [-0.4, -0.2) is 44.3 Å². The molecule has 3 nitrogen and oxygen atoms in total. The van der Waals surface area contributed by atoms with Gasteiger partial charge in [0.25, 0.3) is 0 Å². The van der Waals surface area contributed by atoms with Crippen molar-refractivity contribution in [1.82, 2.24) is 10.2 Å². The Labute approximate surface area is 116 Å². The van der Waals surface area contributed by atoms with Crippen LogP contribution in [0.2, 0.25) is 0 Å². The summed E-state index contributed by atoms with van der Waals surface area (Å²) in [6.07, 6.45) is 2.41. The Morgan fingerprint density at radius 3 is 2.84 bits per heavy atom. The molecule has 0 amide bonds. The molecule has 2 rings (SSSR count). The number of methoxy groups -OCH3 is 1. The molecule has 19 heavy (non-hydrogen) atoms. The van der Waals surface area contributed by atoms with Crippen molar-refractivity contribution in [2.45, 2.75) is 31.8 Å². The Balaban J connectivity index is 2.14. The number of hydrogen-bond acceptors (Lipinski definition) is 3. The summed E-state index contributed by atoms with van der Waals surface area (Å²) in [5.74, 6) is 0. The van der Waals surface area contributed by atoms with Crippen LogP contribution >= 0.6 is 0 Å². The number of piperazine rings is 1. The van der Waals surface area contributed by atoms with E-state index in [0.717, 1.165) is 26.2 Å². The molecule has 1 aromatic carbocycles. The molecule has 1 saturated heterocycles. The smallest absolute Gasteiger partial charge is 0.0618 e. The molecule has 0 bridgehead atoms. The van der Waals surface area contributed by atoms with Gasteiger partial charge in [0.2, 0.25) is 0 Å². The van der Waals surface area contributed by atoms with E-state index in [-0.39, 0.29) is 0 Å². The SMILES string of the molecule is CCCC(COC)N1CCNCC1c1ccccc1. The number of hydrogen-bond donors (Lipinski definition) is 1. The van der Waals surface area contributed by atoms with E-state index in [1.54, 1.807) is 0 Å². The van der Waals surface area contributed by atoms with Crippen molar-refractivity contribution in [2.24, 2.45) is 0 Å². The minimum Gasteiger partial charge on any atom is -0.383 e. The van der Waals surface area contributed by atoms with E-state index in [1.807, 2.05) is 7.11 Å². The van der Waals surface area contributed by atoms with E-state index >= 15 is 0 Å². The predicted molar refractivity (Wildman–Crippen MR) is 79.3 cm³/mol. The highest BCUT2D eigenvalue weighted by atomic mass is 16.5. The van der Waals surface area contributed by atoms with Crippen molar-refractivity contribution in [3.63, 3.8) is 0 Å². The Morgan fingerprint density at radius 2 is 2.16 bits per heavy atom. The Hall–Kier alpha value is -0.900. The average molecular weight is 262 g/mol. The van der Waals surface area contributed by atoms with E-state index in [4.69, 9.17) is 4.74 Å². The molecule has 0 spiro atoms. The summed E-state index contributed by atoms with van der Waals surface area (Å²) in [5.41, 5.74) is 1.41. The zero-order chi connectivity index (χ0) is 13.5. The number of rotatable bonds is 6. The van der Waals surface area contributed by atoms with Crippen LogP contribution in [0.4, 0.5) is 0 Å². The van der Waals surface area contributed by atoms with Crippen molar-refractivity contribution in [3.8, 4) is 0 Å². The van der Waals surface area contributed by atoms with Gasteiger partial charge in [-0.3, -0.25) is 4.90 Å². The maximum atomic E-state index is 5.43. The van der Waals surface area contributed by atoms with Gasteiger partial charge in [-0.05, 0) is 12.0 Å². The van der Waals surface area contributed by atoms with Crippen LogP contribution in [0.15, 0.2) is 30.3 Å². The van der Waals surface area contributed by atoms with Crippen LogP contribution in [0.5, 0.6) is 0 Å². The zero-order valence-corrected chi connectivity index (χ0v) is 12.1. The highest BCUT2D eigenvalue weighted by Gasteiger charge is 2.29. The van der Waals surface area contributed by atoms with Gasteiger partial charge in [-0.25, -0.2) is 0 Å². The monoisotopic (exact) mass is 262 g/mol. The van der Waals surface area contributed by atoms with Crippen LogP contribution in [0, 0.1) is 0 Å². The molecular formula is C16H26N2O. The van der Waals surface area contributed by atoms with Crippen LogP contribution in [0.1, 0.15) is 31.4 Å². The summed E-state index contributed by atoms with van der Waals surface area (Å²) in [4.78, 5) is 2.62. The third-order valence-electron chi connectivity index (χ3n) is 3.92. The van der Waals surface area contributed by atoms with Crippen molar-refractivity contribution in [2.75, 3.05) is 33.4 Å². The van der Waals surface area contributed by atoms with E-state index < -0.39 is 0 Å². The van der Waals surface area contributed by atoms with Gasteiger partial charge in [0.05, 0.1) is 6.61 Å². The van der Waals surface area contributed by atoms with E-state index in [1.165, 1.54) is 18.4 Å². The summed E-state index contributed by atoms with van der Waals surface area (Å²) in [6, 6.07) is 11.8. The molecule has 1 aromatic rings. The molecule has 1 heterocycles. The molecular weight excluding hydrogens is 236 g/mol. The van der Waals surface area contributed by atoms with Crippen molar-refractivity contribution in [3.05, 3.63) is 35.9 Å². The molecule has 106 valence electrons. The fraction of sp³-hybridized carbons (Fsp3) is 0.625. The van der Waals surface area contributed by atoms with Crippen LogP contribution in [0.25, 0.3) is 0 Å². The molecule has 1 aliphatic rings. The average Bonchev–Trinajstić information content (AvgIpc) is 2.48. The van der Waals surface area contributed by atoms with Gasteiger partial charge >= 0.3 is 0 Å². The summed E-state index contributed by atoms with van der Waals surface area (Å²) in [5, 5.41) is 3.52. The number of ether oxygens (including phenoxy) is 1. The van der Waals surface area contributed by atoms with Gasteiger partial charge in [0.15, 0.2) is 0 Å². The maximum Gasteiger partial charge on any atom is 0.0618 e. The first kappa shape index (κ1) is 14.5. The van der Waals surface area contributed by atoms with Crippen LogP contribution in [0.3, 0.4) is 0 Å². The number of nitrogens with zero attached hydrogens (tertiary/aromatic N) is 1. The van der Waals surface area contributed by atoms with Crippen LogP contribution in [-0.2, 0) is 4.74 Å². The zero-order valence-electron chi connectivity index (χ0n) is 12.1. The van der Waals surface area contributed by atoms with E-state index in [2.05, 4.69) is 47.5 Å². The van der Waals surface area contributed by atoms with E-state index in [9.17, 15) is 0 Å². The topological polar surface area (TPSA) is 24.5 Å². The first-order valence-electron chi connectivity index (χ1n) is 7.37. The summed E-state index contributed by atoms with van der Waals surface area (Å²) in [6.45, 7) is 6.30. The molecule has 1 N–H and O–H groups in total. The first-order chi connectivity index (χ1) is 9.36. The highest BCUT2D eigenvalue weighted by Crippen LogP contribution is 2.26. The third-order valence-corrected chi connectivity index (χ3v) is 3.92. The quantitative estimate of drug-likeness (QED) is 0.852. The third kappa shape index (κ3) is 3.78. The minimum absolute atomic E-state index is 0.474. The lowest BCUT2D eigenvalue weighted by Gasteiger charge is -2.41. The second kappa shape index (κ2) is 7.63. The second-order valence-corrected chi connectivity index (χ2v) is 5.27. The van der Waals surface area contributed by atoms with Gasteiger partial charge in [0.1, 0.15) is 0 Å². The summed E-state index contributed by atoms with van der Waals surface area (Å²) >= 11 is 0. The van der Waals surface area contributed by atoms with Crippen molar-refractivity contribution < 1.29 is 4.74 Å². The Bertz CT molecular complexity index is 349. The molecule has 2 unspecified atom stereocenters. The second-order valence-electron chi connectivity index (χ2n) is 5.27. The minimum atomic E-state index is 0.474. The number of nitrogens with one attached hydrogen (secondary N) is 1. The molecule has 1 aliphatic heterocycles. The van der Waals surface area contributed by atoms with Gasteiger partial charge in [0, 0.05) is 38.8 Å². The normalized spacial score (nSPS) is 22.3. The molecule has 0 aromatic heterocycles. The summed E-state index contributed by atoms with van der Waals surface area (Å²) < 4.78 is 5.43. The van der Waals surface area contributed by atoms with Gasteiger partial charge in [-0.1, -0.05) is 43.7 Å². The lowest BCUT2D eigenvalue weighted by atomic mass is 9.99. The lowest BCUT2D eigenvalue weighted by Crippen LogP contribution is -2.51. The van der Waals surface area contributed by atoms with Crippen LogP contribution < -0.4 is 5.32 Å². The molecule has 1 fully saturated rings. The number of benzene rings is 1. The molecule has 2 atom stereocenters. The summed E-state index contributed by atoms with van der Waals surface area (Å²) in [7, 11) is 1.81. The van der Waals surface area contributed by atoms with Gasteiger partial charge < -0.3 is 10.1 Å². The molecule has 0 aliphatic carbocycles. The lowest BCUT2D eigenvalue weighted by molar-refractivity contribution is 0.0417. The van der Waals surface area contributed by atoms with Crippen molar-refractivity contribution >= 4 is 0 Å². The van der Waals surface area contributed by atoms with Crippen molar-refractivity contribution in [1.29, 1.82) is 0 Å².